The van der Waals surface area contributed by atoms with E-state index in [4.69, 9.17) is 9.84 Å². The molecule has 1 N–H and O–H groups in total. The summed E-state index contributed by atoms with van der Waals surface area (Å²) in [6, 6.07) is 5.40. The van der Waals surface area contributed by atoms with Crippen molar-refractivity contribution < 1.29 is 19.4 Å². The Balaban J connectivity index is 1.92. The zero-order valence-corrected chi connectivity index (χ0v) is 13.0. The van der Waals surface area contributed by atoms with Gasteiger partial charge in [-0.1, -0.05) is 15.9 Å². The molecule has 2 heterocycles. The number of thiazole rings is 1. The first-order valence-electron chi connectivity index (χ1n) is 5.95. The van der Waals surface area contributed by atoms with E-state index in [2.05, 4.69) is 20.9 Å². The third-order valence-corrected chi connectivity index (χ3v) is 4.29. The lowest BCUT2D eigenvalue weighted by atomic mass is 10.2. The van der Waals surface area contributed by atoms with Crippen molar-refractivity contribution >= 4 is 44.8 Å². The van der Waals surface area contributed by atoms with Crippen LogP contribution in [-0.4, -0.2) is 28.6 Å². The summed E-state index contributed by atoms with van der Waals surface area (Å²) in [7, 11) is 0. The molecular formula is C13H9BrN2O4S. The van der Waals surface area contributed by atoms with Gasteiger partial charge in [0.1, 0.15) is 5.75 Å². The molecule has 3 rings (SSSR count). The topological polar surface area (TPSA) is 79.7 Å². The molecule has 0 spiro atoms. The monoisotopic (exact) mass is 368 g/mol. The molecular weight excluding hydrogens is 360 g/mol. The fourth-order valence-corrected chi connectivity index (χ4v) is 2.98. The summed E-state index contributed by atoms with van der Waals surface area (Å²) in [6.45, 7) is 0.181. The normalized spacial score (nSPS) is 13.8. The maximum atomic E-state index is 12.1. The van der Waals surface area contributed by atoms with Crippen molar-refractivity contribution in [3.63, 3.8) is 0 Å². The van der Waals surface area contributed by atoms with Crippen LogP contribution >= 0.6 is 27.3 Å². The summed E-state index contributed by atoms with van der Waals surface area (Å²) in [6.07, 6.45) is 0. The number of carboxylic acids is 1. The number of aromatic nitrogens is 1. The highest BCUT2D eigenvalue weighted by atomic mass is 79.9. The highest BCUT2D eigenvalue weighted by Gasteiger charge is 2.26. The van der Waals surface area contributed by atoms with Gasteiger partial charge < -0.3 is 9.84 Å². The molecule has 21 heavy (non-hydrogen) atoms. The zero-order chi connectivity index (χ0) is 15.0. The maximum Gasteiger partial charge on any atom is 0.365 e. The predicted octanol–water partition coefficient (Wildman–Crippen LogP) is 2.53. The van der Waals surface area contributed by atoms with E-state index in [0.717, 1.165) is 15.8 Å². The summed E-state index contributed by atoms with van der Waals surface area (Å²) in [5.74, 6) is -0.639. The molecule has 8 heteroatoms. The average molecular weight is 369 g/mol. The molecule has 0 fully saturated rings. The van der Waals surface area contributed by atoms with Gasteiger partial charge in [-0.2, -0.15) is 0 Å². The van der Waals surface area contributed by atoms with E-state index >= 15 is 0 Å². The number of benzene rings is 1. The van der Waals surface area contributed by atoms with E-state index in [1.807, 2.05) is 6.07 Å². The molecule has 2 aromatic rings. The minimum absolute atomic E-state index is 0.0141. The van der Waals surface area contributed by atoms with Crippen LogP contribution in [0.1, 0.15) is 15.5 Å². The molecule has 0 saturated carbocycles. The van der Waals surface area contributed by atoms with Gasteiger partial charge in [-0.15, -0.1) is 11.3 Å². The Morgan fingerprint density at radius 3 is 3.05 bits per heavy atom. The van der Waals surface area contributed by atoms with Crippen LogP contribution in [0.25, 0.3) is 0 Å². The van der Waals surface area contributed by atoms with E-state index in [-0.39, 0.29) is 24.1 Å². The highest BCUT2D eigenvalue weighted by Crippen LogP contribution is 2.35. The van der Waals surface area contributed by atoms with Crippen LogP contribution in [0.2, 0.25) is 0 Å². The Morgan fingerprint density at radius 1 is 1.52 bits per heavy atom. The predicted molar refractivity (Wildman–Crippen MR) is 79.9 cm³/mol. The lowest BCUT2D eigenvalue weighted by Gasteiger charge is -2.29. The quantitative estimate of drug-likeness (QED) is 0.900. The lowest BCUT2D eigenvalue weighted by Crippen LogP contribution is -2.38. The van der Waals surface area contributed by atoms with Crippen LogP contribution in [0.4, 0.5) is 5.69 Å². The van der Waals surface area contributed by atoms with Crippen molar-refractivity contribution in [2.75, 3.05) is 11.5 Å². The second kappa shape index (κ2) is 5.45. The number of ether oxygens (including phenoxy) is 1. The number of rotatable bonds is 3. The Hall–Kier alpha value is -1.93. The van der Waals surface area contributed by atoms with E-state index in [1.54, 1.807) is 22.4 Å². The van der Waals surface area contributed by atoms with Gasteiger partial charge in [0.25, 0.3) is 5.91 Å². The SMILES string of the molecule is O=C(O)c1nc(CN2C(=O)COc3ccc(Br)cc32)cs1. The summed E-state index contributed by atoms with van der Waals surface area (Å²) >= 11 is 4.40. The molecule has 0 atom stereocenters. The Morgan fingerprint density at radius 2 is 2.33 bits per heavy atom. The second-order valence-electron chi connectivity index (χ2n) is 4.33. The van der Waals surface area contributed by atoms with Crippen LogP contribution in [0.5, 0.6) is 5.75 Å². The Bertz CT molecular complexity index is 731. The van der Waals surface area contributed by atoms with Crippen molar-refractivity contribution in [2.45, 2.75) is 6.54 Å². The lowest BCUT2D eigenvalue weighted by molar-refractivity contribution is -0.121. The van der Waals surface area contributed by atoms with Crippen molar-refractivity contribution in [3.05, 3.63) is 38.8 Å². The van der Waals surface area contributed by atoms with Crippen molar-refractivity contribution in [2.24, 2.45) is 0 Å². The Kier molecular flexibility index (Phi) is 3.64. The molecule has 0 aliphatic carbocycles. The van der Waals surface area contributed by atoms with E-state index in [9.17, 15) is 9.59 Å². The van der Waals surface area contributed by atoms with Crippen molar-refractivity contribution in [3.8, 4) is 5.75 Å². The van der Waals surface area contributed by atoms with Crippen LogP contribution < -0.4 is 9.64 Å². The minimum Gasteiger partial charge on any atom is -0.482 e. The molecule has 0 radical (unpaired) electrons. The first-order valence-corrected chi connectivity index (χ1v) is 7.62. The smallest absolute Gasteiger partial charge is 0.365 e. The van der Waals surface area contributed by atoms with Crippen LogP contribution in [-0.2, 0) is 11.3 Å². The summed E-state index contributed by atoms with van der Waals surface area (Å²) in [5, 5.41) is 10.5. The number of carbonyl (C=O) groups excluding carboxylic acids is 1. The van der Waals surface area contributed by atoms with Gasteiger partial charge in [0.2, 0.25) is 5.01 Å². The fourth-order valence-electron chi connectivity index (χ4n) is 1.99. The molecule has 1 aliphatic rings. The van der Waals surface area contributed by atoms with Crippen molar-refractivity contribution in [1.29, 1.82) is 0 Å². The molecule has 6 nitrogen and oxygen atoms in total. The average Bonchev–Trinajstić information content (AvgIpc) is 2.91. The largest absolute Gasteiger partial charge is 0.482 e. The number of anilines is 1. The van der Waals surface area contributed by atoms with Crippen LogP contribution in [0.15, 0.2) is 28.1 Å². The number of hydrogen-bond donors (Lipinski definition) is 1. The highest BCUT2D eigenvalue weighted by molar-refractivity contribution is 9.10. The number of aromatic carboxylic acids is 1. The number of carboxylic acid groups (broad SMARTS) is 1. The first kappa shape index (κ1) is 14.0. The molecule has 1 aliphatic heterocycles. The molecule has 0 bridgehead atoms. The summed E-state index contributed by atoms with van der Waals surface area (Å²) < 4.78 is 6.21. The zero-order valence-electron chi connectivity index (χ0n) is 10.6. The standard InChI is InChI=1S/C13H9BrN2O4S/c14-7-1-2-10-9(3-7)16(11(17)5-20-10)4-8-6-21-12(15-8)13(18)19/h1-3,6H,4-5H2,(H,18,19). The van der Waals surface area contributed by atoms with Gasteiger partial charge in [-0.05, 0) is 18.2 Å². The molecule has 0 saturated heterocycles. The van der Waals surface area contributed by atoms with Gasteiger partial charge in [0.15, 0.2) is 6.61 Å². The van der Waals surface area contributed by atoms with Gasteiger partial charge in [-0.3, -0.25) is 9.69 Å². The van der Waals surface area contributed by atoms with Crippen LogP contribution in [0.3, 0.4) is 0 Å². The van der Waals surface area contributed by atoms with E-state index < -0.39 is 5.97 Å². The number of carbonyl (C=O) groups is 2. The molecule has 1 amide bonds. The first-order chi connectivity index (χ1) is 10.0. The molecule has 0 unspecified atom stereocenters. The number of fused-ring (bicyclic) bond motifs is 1. The number of nitrogens with zero attached hydrogens (tertiary/aromatic N) is 2. The van der Waals surface area contributed by atoms with Gasteiger partial charge in [0.05, 0.1) is 17.9 Å². The van der Waals surface area contributed by atoms with Gasteiger partial charge in [-0.25, -0.2) is 9.78 Å². The number of hydrogen-bond acceptors (Lipinski definition) is 5. The van der Waals surface area contributed by atoms with Gasteiger partial charge in [0, 0.05) is 9.85 Å². The molecule has 108 valence electrons. The molecule has 1 aromatic heterocycles. The second-order valence-corrected chi connectivity index (χ2v) is 6.10. The summed E-state index contributed by atoms with van der Waals surface area (Å²) in [5.41, 5.74) is 1.18. The Labute approximate surface area is 132 Å². The van der Waals surface area contributed by atoms with E-state index in [0.29, 0.717) is 17.1 Å². The third kappa shape index (κ3) is 2.77. The molecule has 1 aromatic carbocycles. The number of amides is 1. The fraction of sp³-hybridized carbons (Fsp3) is 0.154. The van der Waals surface area contributed by atoms with Crippen LogP contribution in [0, 0.1) is 0 Å². The van der Waals surface area contributed by atoms with E-state index in [1.165, 1.54) is 0 Å². The third-order valence-electron chi connectivity index (χ3n) is 2.92. The van der Waals surface area contributed by atoms with Crippen molar-refractivity contribution in [1.82, 2.24) is 4.98 Å². The minimum atomic E-state index is -1.07. The maximum absolute atomic E-state index is 12.1. The summed E-state index contributed by atoms with van der Waals surface area (Å²) in [4.78, 5) is 28.5. The number of halogens is 1. The van der Waals surface area contributed by atoms with Gasteiger partial charge >= 0.3 is 5.97 Å².